The van der Waals surface area contributed by atoms with Gasteiger partial charge in [-0.25, -0.2) is 4.98 Å². The summed E-state index contributed by atoms with van der Waals surface area (Å²) in [5.74, 6) is 0.876. The molecule has 2 heterocycles. The van der Waals surface area contributed by atoms with Crippen molar-refractivity contribution in [1.29, 1.82) is 0 Å². The summed E-state index contributed by atoms with van der Waals surface area (Å²) in [5.41, 5.74) is 7.30. The topological polar surface area (TPSA) is 84.0 Å². The third-order valence-electron chi connectivity index (χ3n) is 3.47. The first kappa shape index (κ1) is 13.6. The SMILES string of the molecule is COC1CCN(c2nc(C)ccc2C(N)=NO)CC1. The molecule has 1 aliphatic heterocycles. The van der Waals surface area contributed by atoms with Crippen LogP contribution >= 0.6 is 0 Å². The van der Waals surface area contributed by atoms with E-state index < -0.39 is 0 Å². The van der Waals surface area contributed by atoms with Crippen molar-refractivity contribution in [3.05, 3.63) is 23.4 Å². The first-order chi connectivity index (χ1) is 9.15. The maximum atomic E-state index is 8.86. The molecule has 0 saturated carbocycles. The number of oxime groups is 1. The lowest BCUT2D eigenvalue weighted by Gasteiger charge is -2.33. The Hall–Kier alpha value is -1.82. The maximum absolute atomic E-state index is 8.86. The van der Waals surface area contributed by atoms with Crippen LogP contribution in [0.5, 0.6) is 0 Å². The monoisotopic (exact) mass is 264 g/mol. The van der Waals surface area contributed by atoms with Crippen LogP contribution < -0.4 is 10.6 Å². The van der Waals surface area contributed by atoms with E-state index in [1.807, 2.05) is 19.1 Å². The minimum absolute atomic E-state index is 0.0939. The average molecular weight is 264 g/mol. The molecule has 0 unspecified atom stereocenters. The Bertz CT molecular complexity index is 468. The number of aromatic nitrogens is 1. The number of methoxy groups -OCH3 is 1. The Morgan fingerprint density at radius 2 is 2.16 bits per heavy atom. The van der Waals surface area contributed by atoms with E-state index >= 15 is 0 Å². The largest absolute Gasteiger partial charge is 0.409 e. The Morgan fingerprint density at radius 3 is 2.74 bits per heavy atom. The molecule has 0 bridgehead atoms. The van der Waals surface area contributed by atoms with Gasteiger partial charge in [0.2, 0.25) is 0 Å². The number of amidine groups is 1. The molecule has 0 radical (unpaired) electrons. The molecule has 104 valence electrons. The summed E-state index contributed by atoms with van der Waals surface area (Å²) in [5, 5.41) is 11.9. The molecule has 6 heteroatoms. The Labute approximate surface area is 112 Å². The van der Waals surface area contributed by atoms with Gasteiger partial charge in [0.25, 0.3) is 0 Å². The summed E-state index contributed by atoms with van der Waals surface area (Å²) in [6.07, 6.45) is 2.23. The fourth-order valence-electron chi connectivity index (χ4n) is 2.34. The van der Waals surface area contributed by atoms with E-state index in [0.717, 1.165) is 37.4 Å². The zero-order chi connectivity index (χ0) is 13.8. The van der Waals surface area contributed by atoms with Crippen LogP contribution in [0.15, 0.2) is 17.3 Å². The lowest BCUT2D eigenvalue weighted by atomic mass is 10.1. The number of nitrogens with two attached hydrogens (primary N) is 1. The number of anilines is 1. The zero-order valence-corrected chi connectivity index (χ0v) is 11.3. The van der Waals surface area contributed by atoms with Crippen LogP contribution in [0.25, 0.3) is 0 Å². The summed E-state index contributed by atoms with van der Waals surface area (Å²) in [4.78, 5) is 6.69. The van der Waals surface area contributed by atoms with Gasteiger partial charge in [0.15, 0.2) is 5.84 Å². The first-order valence-electron chi connectivity index (χ1n) is 6.39. The lowest BCUT2D eigenvalue weighted by molar-refractivity contribution is 0.0818. The van der Waals surface area contributed by atoms with Crippen LogP contribution in [0.1, 0.15) is 24.1 Å². The first-order valence-corrected chi connectivity index (χ1v) is 6.39. The molecule has 1 aromatic heterocycles. The van der Waals surface area contributed by atoms with Gasteiger partial charge in [-0.2, -0.15) is 0 Å². The van der Waals surface area contributed by atoms with Crippen molar-refractivity contribution >= 4 is 11.7 Å². The summed E-state index contributed by atoms with van der Waals surface area (Å²) in [7, 11) is 1.74. The van der Waals surface area contributed by atoms with E-state index in [9.17, 15) is 0 Å². The highest BCUT2D eigenvalue weighted by molar-refractivity contribution is 6.01. The second-order valence-corrected chi connectivity index (χ2v) is 4.73. The number of pyridine rings is 1. The molecule has 0 atom stereocenters. The number of ether oxygens (including phenoxy) is 1. The van der Waals surface area contributed by atoms with Crippen LogP contribution in [0, 0.1) is 6.92 Å². The Morgan fingerprint density at radius 1 is 1.47 bits per heavy atom. The minimum atomic E-state index is 0.0939. The van der Waals surface area contributed by atoms with Crippen LogP contribution in [-0.4, -0.2) is 42.3 Å². The number of hydrogen-bond acceptors (Lipinski definition) is 5. The van der Waals surface area contributed by atoms with Crippen molar-refractivity contribution < 1.29 is 9.94 Å². The molecule has 3 N–H and O–H groups in total. The van der Waals surface area contributed by atoms with Crippen molar-refractivity contribution in [2.45, 2.75) is 25.9 Å². The van der Waals surface area contributed by atoms with Crippen LogP contribution in [0.3, 0.4) is 0 Å². The molecule has 0 amide bonds. The smallest absolute Gasteiger partial charge is 0.173 e. The number of hydrogen-bond donors (Lipinski definition) is 2. The van der Waals surface area contributed by atoms with E-state index in [1.54, 1.807) is 7.11 Å². The van der Waals surface area contributed by atoms with Crippen molar-refractivity contribution in [2.75, 3.05) is 25.1 Å². The lowest BCUT2D eigenvalue weighted by Crippen LogP contribution is -2.38. The van der Waals surface area contributed by atoms with Crippen LogP contribution in [-0.2, 0) is 4.74 Å². The predicted octanol–water partition coefficient (Wildman–Crippen LogP) is 1.10. The van der Waals surface area contributed by atoms with Crippen LogP contribution in [0.2, 0.25) is 0 Å². The van der Waals surface area contributed by atoms with E-state index in [1.165, 1.54) is 0 Å². The Balaban J connectivity index is 2.26. The maximum Gasteiger partial charge on any atom is 0.173 e. The quantitative estimate of drug-likeness (QED) is 0.369. The molecule has 6 nitrogen and oxygen atoms in total. The fraction of sp³-hybridized carbons (Fsp3) is 0.538. The molecular formula is C13H20N4O2. The van der Waals surface area contributed by atoms with E-state index in [4.69, 9.17) is 15.7 Å². The molecule has 0 spiro atoms. The third kappa shape index (κ3) is 2.96. The normalized spacial score (nSPS) is 17.8. The zero-order valence-electron chi connectivity index (χ0n) is 11.3. The number of rotatable bonds is 3. The van der Waals surface area contributed by atoms with Crippen LogP contribution in [0.4, 0.5) is 5.82 Å². The van der Waals surface area contributed by atoms with E-state index in [2.05, 4.69) is 15.0 Å². The van der Waals surface area contributed by atoms with Crippen molar-refractivity contribution in [1.82, 2.24) is 4.98 Å². The van der Waals surface area contributed by atoms with E-state index in [-0.39, 0.29) is 5.84 Å². The summed E-state index contributed by atoms with van der Waals surface area (Å²) >= 11 is 0. The molecule has 2 rings (SSSR count). The fourth-order valence-corrected chi connectivity index (χ4v) is 2.34. The molecule has 1 aliphatic rings. The Kier molecular flexibility index (Phi) is 4.21. The molecule has 1 aromatic rings. The van der Waals surface area contributed by atoms with Gasteiger partial charge in [0, 0.05) is 25.9 Å². The van der Waals surface area contributed by atoms with Gasteiger partial charge in [0.1, 0.15) is 5.82 Å². The van der Waals surface area contributed by atoms with Gasteiger partial charge in [-0.05, 0) is 31.9 Å². The summed E-state index contributed by atoms with van der Waals surface area (Å²) in [6, 6.07) is 3.70. The minimum Gasteiger partial charge on any atom is -0.409 e. The predicted molar refractivity (Wildman–Crippen MR) is 73.7 cm³/mol. The van der Waals surface area contributed by atoms with Gasteiger partial charge in [-0.3, -0.25) is 0 Å². The highest BCUT2D eigenvalue weighted by Crippen LogP contribution is 2.23. The van der Waals surface area contributed by atoms with Gasteiger partial charge in [-0.15, -0.1) is 0 Å². The molecule has 0 aliphatic carbocycles. The van der Waals surface area contributed by atoms with Crippen molar-refractivity contribution in [3.63, 3.8) is 0 Å². The summed E-state index contributed by atoms with van der Waals surface area (Å²) in [6.45, 7) is 3.66. The second kappa shape index (κ2) is 5.88. The second-order valence-electron chi connectivity index (χ2n) is 4.73. The van der Waals surface area contributed by atoms with Gasteiger partial charge >= 0.3 is 0 Å². The molecule has 1 fully saturated rings. The molecule has 19 heavy (non-hydrogen) atoms. The van der Waals surface area contributed by atoms with Crippen molar-refractivity contribution in [3.8, 4) is 0 Å². The van der Waals surface area contributed by atoms with E-state index in [0.29, 0.717) is 11.7 Å². The molecule has 0 aromatic carbocycles. The van der Waals surface area contributed by atoms with Gasteiger partial charge in [-0.1, -0.05) is 5.16 Å². The number of aryl methyl sites for hydroxylation is 1. The standard InChI is InChI=1S/C13H20N4O2/c1-9-3-4-11(12(14)16-18)13(15-9)17-7-5-10(19-2)6-8-17/h3-4,10,18H,5-8H2,1-2H3,(H2,14,16). The average Bonchev–Trinajstić information content (AvgIpc) is 2.46. The molecule has 1 saturated heterocycles. The highest BCUT2D eigenvalue weighted by Gasteiger charge is 2.22. The van der Waals surface area contributed by atoms with Gasteiger partial charge in [0.05, 0.1) is 11.7 Å². The van der Waals surface area contributed by atoms with Gasteiger partial charge < -0.3 is 20.6 Å². The molecular weight excluding hydrogens is 244 g/mol. The number of piperidine rings is 1. The number of nitrogens with zero attached hydrogens (tertiary/aromatic N) is 3. The highest BCUT2D eigenvalue weighted by atomic mass is 16.5. The third-order valence-corrected chi connectivity index (χ3v) is 3.47. The van der Waals surface area contributed by atoms with Crippen molar-refractivity contribution in [2.24, 2.45) is 10.9 Å². The summed E-state index contributed by atoms with van der Waals surface area (Å²) < 4.78 is 5.36.